The molecule has 0 aliphatic carbocycles. The van der Waals surface area contributed by atoms with Crippen LogP contribution in [0.2, 0.25) is 5.02 Å². The summed E-state index contributed by atoms with van der Waals surface area (Å²) in [6.45, 7) is 4.42. The molecule has 224 valence electrons. The number of nitrogens with one attached hydrogen (secondary N) is 1. The number of piperidine rings is 1. The number of phenolic OH excluding ortho intramolecular Hbond substituents is 1. The van der Waals surface area contributed by atoms with Gasteiger partial charge in [0.1, 0.15) is 23.7 Å². The van der Waals surface area contributed by atoms with Crippen LogP contribution in [-0.2, 0) is 22.5 Å². The zero-order chi connectivity index (χ0) is 30.3. The van der Waals surface area contributed by atoms with Gasteiger partial charge in [0.05, 0.1) is 37.3 Å². The van der Waals surface area contributed by atoms with Crippen molar-refractivity contribution in [1.29, 1.82) is 0 Å². The lowest BCUT2D eigenvalue weighted by atomic mass is 9.98. The highest BCUT2D eigenvalue weighted by Gasteiger charge is 2.41. The number of carbonyl (C=O) groups excluding carboxylic acids is 3. The van der Waals surface area contributed by atoms with Crippen LogP contribution in [0.4, 0.5) is 9.80 Å². The standard InChI is InChI=1S/C31H37ClN4O5S/c1-3-17-41-30(39)27-14-15-28(42-27)34-31(40)35(29(38)26(33)18-21-8-12-25(37)13-9-21)24-5-4-16-36(2,20-24)19-22-6-10-23(32)11-7-22/h6-15,24,26H,3-5,16-20,33H2,1-2H3,(H-,34,37,39,40)/p+1/t24-,26-,36?/m0/s1. The molecule has 42 heavy (non-hydrogen) atoms. The number of carbonyl (C=O) groups is 3. The minimum absolute atomic E-state index is 0.119. The molecule has 1 saturated heterocycles. The first-order chi connectivity index (χ1) is 20.1. The van der Waals surface area contributed by atoms with Gasteiger partial charge in [0.25, 0.3) is 0 Å². The van der Waals surface area contributed by atoms with Gasteiger partial charge in [-0.15, -0.1) is 11.3 Å². The molecule has 0 radical (unpaired) electrons. The smallest absolute Gasteiger partial charge is 0.348 e. The van der Waals surface area contributed by atoms with Gasteiger partial charge >= 0.3 is 12.0 Å². The van der Waals surface area contributed by atoms with Crippen molar-refractivity contribution in [2.45, 2.75) is 51.2 Å². The summed E-state index contributed by atoms with van der Waals surface area (Å²) in [6.07, 6.45) is 2.39. The molecule has 9 nitrogen and oxygen atoms in total. The molecule has 3 aromatic rings. The van der Waals surface area contributed by atoms with Gasteiger partial charge in [-0.25, -0.2) is 9.59 Å². The van der Waals surface area contributed by atoms with Crippen molar-refractivity contribution < 1.29 is 28.7 Å². The van der Waals surface area contributed by atoms with E-state index < -0.39 is 23.9 Å². The number of aromatic hydroxyl groups is 1. The zero-order valence-corrected chi connectivity index (χ0v) is 25.5. The number of hydrogen-bond donors (Lipinski definition) is 3. The number of anilines is 1. The summed E-state index contributed by atoms with van der Waals surface area (Å²) in [7, 11) is 2.13. The Balaban J connectivity index is 1.55. The van der Waals surface area contributed by atoms with Gasteiger partial charge in [0, 0.05) is 10.6 Å². The van der Waals surface area contributed by atoms with E-state index in [1.807, 2.05) is 31.2 Å². The molecule has 0 saturated carbocycles. The van der Waals surface area contributed by atoms with E-state index in [0.717, 1.165) is 42.0 Å². The predicted molar refractivity (Wildman–Crippen MR) is 165 cm³/mol. The van der Waals surface area contributed by atoms with Crippen LogP contribution in [0.1, 0.15) is 47.0 Å². The van der Waals surface area contributed by atoms with Crippen molar-refractivity contribution in [1.82, 2.24) is 4.90 Å². The number of urea groups is 1. The molecular weight excluding hydrogens is 576 g/mol. The van der Waals surface area contributed by atoms with Crippen LogP contribution in [-0.4, -0.2) is 71.2 Å². The molecule has 1 aliphatic rings. The van der Waals surface area contributed by atoms with Gasteiger partial charge in [-0.1, -0.05) is 42.8 Å². The highest BCUT2D eigenvalue weighted by atomic mass is 35.5. The average Bonchev–Trinajstić information content (AvgIpc) is 3.42. The van der Waals surface area contributed by atoms with E-state index in [1.165, 1.54) is 17.0 Å². The Morgan fingerprint density at radius 3 is 2.50 bits per heavy atom. The minimum Gasteiger partial charge on any atom is -0.508 e. The lowest BCUT2D eigenvalue weighted by Gasteiger charge is -2.44. The number of nitrogens with two attached hydrogens (primary N) is 1. The normalized spacial score (nSPS) is 19.1. The van der Waals surface area contributed by atoms with Gasteiger partial charge in [0.2, 0.25) is 5.91 Å². The molecule has 0 spiro atoms. The second-order valence-corrected chi connectivity index (χ2v) is 12.5. The summed E-state index contributed by atoms with van der Waals surface area (Å²) in [5.41, 5.74) is 8.30. The third-order valence-corrected chi connectivity index (χ3v) is 8.60. The van der Waals surface area contributed by atoms with E-state index in [9.17, 15) is 19.5 Å². The van der Waals surface area contributed by atoms with E-state index in [2.05, 4.69) is 12.4 Å². The van der Waals surface area contributed by atoms with E-state index in [-0.39, 0.29) is 18.2 Å². The number of imide groups is 1. The topological polar surface area (TPSA) is 122 Å². The number of likely N-dealkylation sites (tertiary alicyclic amines) is 1. The molecule has 1 aromatic heterocycles. The van der Waals surface area contributed by atoms with Crippen LogP contribution < -0.4 is 11.1 Å². The number of likely N-dealkylation sites (N-methyl/N-ethyl adjacent to an activating group) is 1. The first kappa shape index (κ1) is 31.5. The van der Waals surface area contributed by atoms with Gasteiger partial charge in [-0.2, -0.15) is 0 Å². The summed E-state index contributed by atoms with van der Waals surface area (Å²) < 4.78 is 5.84. The third-order valence-electron chi connectivity index (χ3n) is 7.37. The van der Waals surface area contributed by atoms with E-state index in [4.69, 9.17) is 22.1 Å². The van der Waals surface area contributed by atoms with Crippen LogP contribution in [0, 0.1) is 0 Å². The maximum atomic E-state index is 13.9. The molecule has 3 atom stereocenters. The maximum absolute atomic E-state index is 13.9. The fraction of sp³-hybridized carbons (Fsp3) is 0.387. The van der Waals surface area contributed by atoms with E-state index in [1.54, 1.807) is 24.3 Å². The number of amides is 3. The molecule has 4 N–H and O–H groups in total. The first-order valence-electron chi connectivity index (χ1n) is 14.1. The molecule has 1 unspecified atom stereocenters. The number of nitrogens with zero attached hydrogens (tertiary/aromatic N) is 2. The number of quaternary nitrogens is 1. The van der Waals surface area contributed by atoms with Gasteiger partial charge < -0.3 is 20.1 Å². The number of esters is 1. The second kappa shape index (κ2) is 14.2. The van der Waals surface area contributed by atoms with Crippen molar-refractivity contribution in [2.75, 3.05) is 32.1 Å². The van der Waals surface area contributed by atoms with E-state index in [0.29, 0.717) is 45.4 Å². The molecule has 1 fully saturated rings. The second-order valence-electron chi connectivity index (χ2n) is 11.0. The highest BCUT2D eigenvalue weighted by Crippen LogP contribution is 2.28. The Bertz CT molecular complexity index is 1380. The molecule has 3 amide bonds. The zero-order valence-electron chi connectivity index (χ0n) is 23.9. The third kappa shape index (κ3) is 8.32. The lowest BCUT2D eigenvalue weighted by molar-refractivity contribution is -0.928. The molecule has 1 aliphatic heterocycles. The number of hydrogen-bond acceptors (Lipinski definition) is 7. The Hall–Kier alpha value is -3.44. The summed E-state index contributed by atoms with van der Waals surface area (Å²) in [5, 5.41) is 13.6. The molecule has 11 heteroatoms. The summed E-state index contributed by atoms with van der Waals surface area (Å²) in [4.78, 5) is 41.6. The lowest BCUT2D eigenvalue weighted by Crippen LogP contribution is -2.62. The first-order valence-corrected chi connectivity index (χ1v) is 15.3. The largest absolute Gasteiger partial charge is 0.508 e. The van der Waals surface area contributed by atoms with Gasteiger partial charge in [0.15, 0.2) is 0 Å². The summed E-state index contributed by atoms with van der Waals surface area (Å²) in [5.74, 6) is -0.813. The van der Waals surface area contributed by atoms with Crippen LogP contribution >= 0.6 is 22.9 Å². The molecule has 0 bridgehead atoms. The molecule has 2 heterocycles. The molecule has 2 aromatic carbocycles. The van der Waals surface area contributed by atoms with Crippen molar-refractivity contribution in [2.24, 2.45) is 5.73 Å². The Kier molecular flexibility index (Phi) is 10.6. The van der Waals surface area contributed by atoms with E-state index >= 15 is 0 Å². The van der Waals surface area contributed by atoms with Crippen molar-refractivity contribution in [3.05, 3.63) is 81.7 Å². The minimum atomic E-state index is -0.972. The molecule has 4 rings (SSSR count). The van der Waals surface area contributed by atoms with Crippen LogP contribution in [0.15, 0.2) is 60.7 Å². The van der Waals surface area contributed by atoms with Crippen molar-refractivity contribution in [3.63, 3.8) is 0 Å². The number of ether oxygens (including phenoxy) is 1. The Morgan fingerprint density at radius 1 is 1.12 bits per heavy atom. The Labute approximate surface area is 255 Å². The Morgan fingerprint density at radius 2 is 1.81 bits per heavy atom. The quantitative estimate of drug-likeness (QED) is 0.208. The summed E-state index contributed by atoms with van der Waals surface area (Å²) >= 11 is 7.18. The van der Waals surface area contributed by atoms with Crippen LogP contribution in [0.25, 0.3) is 0 Å². The highest BCUT2D eigenvalue weighted by molar-refractivity contribution is 7.18. The fourth-order valence-corrected chi connectivity index (χ4v) is 6.24. The molecular formula is C31H38ClN4O5S+. The number of benzene rings is 2. The van der Waals surface area contributed by atoms with Crippen molar-refractivity contribution in [3.8, 4) is 5.75 Å². The number of halogens is 1. The average molecular weight is 614 g/mol. The van der Waals surface area contributed by atoms with Gasteiger partial charge in [-0.05, 0) is 67.6 Å². The fourth-order valence-electron chi connectivity index (χ4n) is 5.33. The monoisotopic (exact) mass is 613 g/mol. The van der Waals surface area contributed by atoms with Crippen molar-refractivity contribution >= 4 is 45.8 Å². The number of phenols is 1. The van der Waals surface area contributed by atoms with Crippen LogP contribution in [0.3, 0.4) is 0 Å². The summed E-state index contributed by atoms with van der Waals surface area (Å²) in [6, 6.07) is 15.5. The number of rotatable bonds is 10. The number of thiophene rings is 1. The van der Waals surface area contributed by atoms with Crippen LogP contribution in [0.5, 0.6) is 5.75 Å². The SMILES string of the molecule is CCCOC(=O)c1ccc(NC(=O)N(C(=O)[C@@H](N)Cc2ccc(O)cc2)[C@H]2CCC[N+](C)(Cc3ccc(Cl)cc3)C2)s1. The predicted octanol–water partition coefficient (Wildman–Crippen LogP) is 5.41. The van der Waals surface area contributed by atoms with Gasteiger partial charge in [-0.3, -0.25) is 15.0 Å². The maximum Gasteiger partial charge on any atom is 0.348 e.